The number of hydrogen-bond acceptors (Lipinski definition) is 5. The van der Waals surface area contributed by atoms with Gasteiger partial charge in [-0.1, -0.05) is 24.3 Å². The van der Waals surface area contributed by atoms with Crippen molar-refractivity contribution in [2.75, 3.05) is 0 Å². The third kappa shape index (κ3) is 3.06. The minimum atomic E-state index is -0.601. The molecule has 3 N–H and O–H groups in total. The van der Waals surface area contributed by atoms with E-state index in [0.29, 0.717) is 22.8 Å². The topological polar surface area (TPSA) is 111 Å². The van der Waals surface area contributed by atoms with E-state index in [0.717, 1.165) is 0 Å². The molecule has 0 aliphatic heterocycles. The van der Waals surface area contributed by atoms with E-state index in [2.05, 4.69) is 15.2 Å². The van der Waals surface area contributed by atoms with Gasteiger partial charge < -0.3 is 5.73 Å². The summed E-state index contributed by atoms with van der Waals surface area (Å²) < 4.78 is 12.9. The molecule has 0 radical (unpaired) electrons. The smallest absolute Gasteiger partial charge is 0.270 e. The summed E-state index contributed by atoms with van der Waals surface area (Å²) >= 11 is 0. The molecule has 0 spiro atoms. The Morgan fingerprint density at radius 2 is 1.96 bits per heavy atom. The Hall–Kier alpha value is -3.13. The lowest BCUT2D eigenvalue weighted by molar-refractivity contribution is -0.384. The molecule has 23 heavy (non-hydrogen) atoms. The first-order chi connectivity index (χ1) is 11.0. The Labute approximate surface area is 130 Å². The van der Waals surface area contributed by atoms with Gasteiger partial charge in [0.25, 0.3) is 5.69 Å². The maximum atomic E-state index is 12.9. The Bertz CT molecular complexity index is 847. The van der Waals surface area contributed by atoms with Gasteiger partial charge in [-0.15, -0.1) is 0 Å². The van der Waals surface area contributed by atoms with E-state index < -0.39 is 11.0 Å². The summed E-state index contributed by atoms with van der Waals surface area (Å²) in [5.74, 6) is 0.343. The first-order valence-corrected chi connectivity index (χ1v) is 6.73. The van der Waals surface area contributed by atoms with Gasteiger partial charge in [0.05, 0.1) is 11.0 Å². The number of nitrogens with one attached hydrogen (secondary N) is 1. The zero-order valence-corrected chi connectivity index (χ0v) is 11.8. The van der Waals surface area contributed by atoms with Crippen molar-refractivity contribution < 1.29 is 9.31 Å². The molecule has 0 unspecified atom stereocenters. The molecule has 8 heteroatoms. The summed E-state index contributed by atoms with van der Waals surface area (Å²) in [5, 5.41) is 17.6. The van der Waals surface area contributed by atoms with E-state index in [4.69, 9.17) is 5.73 Å². The summed E-state index contributed by atoms with van der Waals surface area (Å²) in [6.45, 7) is 0. The number of hydrogen-bond donors (Lipinski definition) is 2. The monoisotopic (exact) mass is 313 g/mol. The van der Waals surface area contributed by atoms with Crippen LogP contribution in [0.5, 0.6) is 0 Å². The van der Waals surface area contributed by atoms with E-state index >= 15 is 0 Å². The van der Waals surface area contributed by atoms with E-state index in [1.807, 2.05) is 0 Å². The standard InChI is InChI=1S/C15H12FN5O2/c16-11-6-4-9(5-7-11)13(17)15-18-14(19-20-15)10-2-1-3-12(8-10)21(22)23/h1-8,13H,17H2,(H,18,19,20)/t13-/m0/s1. The summed E-state index contributed by atoms with van der Waals surface area (Å²) in [7, 11) is 0. The number of nitro groups is 1. The van der Waals surface area contributed by atoms with Crippen molar-refractivity contribution in [2.24, 2.45) is 5.73 Å². The van der Waals surface area contributed by atoms with Crippen molar-refractivity contribution in [3.05, 3.63) is 75.9 Å². The van der Waals surface area contributed by atoms with Crippen LogP contribution in [-0.2, 0) is 0 Å². The van der Waals surface area contributed by atoms with Crippen LogP contribution in [0.1, 0.15) is 17.4 Å². The number of nitrogens with two attached hydrogens (primary N) is 1. The van der Waals surface area contributed by atoms with Crippen LogP contribution in [0, 0.1) is 15.9 Å². The maximum absolute atomic E-state index is 12.9. The number of non-ortho nitro benzene ring substituents is 1. The van der Waals surface area contributed by atoms with Gasteiger partial charge in [-0.3, -0.25) is 15.2 Å². The van der Waals surface area contributed by atoms with E-state index in [9.17, 15) is 14.5 Å². The van der Waals surface area contributed by atoms with Gasteiger partial charge in [0, 0.05) is 17.7 Å². The normalized spacial score (nSPS) is 12.1. The second-order valence-corrected chi connectivity index (χ2v) is 4.88. The van der Waals surface area contributed by atoms with Gasteiger partial charge in [0.1, 0.15) is 11.6 Å². The highest BCUT2D eigenvalue weighted by Gasteiger charge is 2.16. The lowest BCUT2D eigenvalue weighted by atomic mass is 10.1. The molecule has 3 rings (SSSR count). The fourth-order valence-electron chi connectivity index (χ4n) is 2.13. The molecule has 3 aromatic rings. The molecular formula is C15H12FN5O2. The molecule has 0 fully saturated rings. The van der Waals surface area contributed by atoms with Gasteiger partial charge in [-0.25, -0.2) is 9.37 Å². The fraction of sp³-hybridized carbons (Fsp3) is 0.0667. The van der Waals surface area contributed by atoms with Crippen molar-refractivity contribution >= 4 is 5.69 Å². The highest BCUT2D eigenvalue weighted by Crippen LogP contribution is 2.23. The van der Waals surface area contributed by atoms with Crippen molar-refractivity contribution in [2.45, 2.75) is 6.04 Å². The van der Waals surface area contributed by atoms with Crippen LogP contribution < -0.4 is 5.73 Å². The summed E-state index contributed by atoms with van der Waals surface area (Å²) in [4.78, 5) is 14.6. The molecule has 0 saturated carbocycles. The molecule has 0 bridgehead atoms. The highest BCUT2D eigenvalue weighted by molar-refractivity contribution is 5.58. The number of nitro benzene ring substituents is 1. The molecule has 0 saturated heterocycles. The van der Waals surface area contributed by atoms with Crippen molar-refractivity contribution in [1.29, 1.82) is 0 Å². The molecule has 0 amide bonds. The van der Waals surface area contributed by atoms with Gasteiger partial charge in [0.15, 0.2) is 5.82 Å². The molecule has 116 valence electrons. The molecule has 1 atom stereocenters. The minimum Gasteiger partial charge on any atom is -0.318 e. The second-order valence-electron chi connectivity index (χ2n) is 4.88. The first-order valence-electron chi connectivity index (χ1n) is 6.73. The Morgan fingerprint density at radius 1 is 1.22 bits per heavy atom. The number of aromatic nitrogens is 3. The van der Waals surface area contributed by atoms with Crippen molar-refractivity contribution in [3.8, 4) is 11.4 Å². The van der Waals surface area contributed by atoms with Crippen LogP contribution in [0.4, 0.5) is 10.1 Å². The summed E-state index contributed by atoms with van der Waals surface area (Å²) in [6.07, 6.45) is 0. The van der Waals surface area contributed by atoms with Gasteiger partial charge in [0.2, 0.25) is 0 Å². The number of aromatic amines is 1. The lowest BCUT2D eigenvalue weighted by Crippen LogP contribution is -2.13. The first kappa shape index (κ1) is 14.8. The summed E-state index contributed by atoms with van der Waals surface area (Å²) in [5.41, 5.74) is 7.21. The zero-order chi connectivity index (χ0) is 16.4. The van der Waals surface area contributed by atoms with Gasteiger partial charge in [-0.2, -0.15) is 5.10 Å². The number of H-pyrrole nitrogens is 1. The molecule has 0 aliphatic rings. The van der Waals surface area contributed by atoms with Crippen LogP contribution in [0.25, 0.3) is 11.4 Å². The maximum Gasteiger partial charge on any atom is 0.270 e. The Morgan fingerprint density at radius 3 is 2.65 bits per heavy atom. The molecular weight excluding hydrogens is 301 g/mol. The molecule has 7 nitrogen and oxygen atoms in total. The van der Waals surface area contributed by atoms with E-state index in [1.54, 1.807) is 24.3 Å². The van der Waals surface area contributed by atoms with E-state index in [1.165, 1.54) is 24.3 Å². The van der Waals surface area contributed by atoms with Crippen LogP contribution in [0.15, 0.2) is 48.5 Å². The largest absolute Gasteiger partial charge is 0.318 e. The molecule has 2 aromatic carbocycles. The number of halogens is 1. The highest BCUT2D eigenvalue weighted by atomic mass is 19.1. The summed E-state index contributed by atoms with van der Waals surface area (Å²) in [6, 6.07) is 11.2. The van der Waals surface area contributed by atoms with Gasteiger partial charge in [-0.05, 0) is 17.7 Å². The average Bonchev–Trinajstić information content (AvgIpc) is 3.05. The second kappa shape index (κ2) is 5.93. The van der Waals surface area contributed by atoms with Crippen LogP contribution in [0.2, 0.25) is 0 Å². The Kier molecular flexibility index (Phi) is 3.82. The average molecular weight is 313 g/mol. The molecule has 0 aliphatic carbocycles. The van der Waals surface area contributed by atoms with Crippen molar-refractivity contribution in [1.82, 2.24) is 15.2 Å². The quantitative estimate of drug-likeness (QED) is 0.568. The number of benzene rings is 2. The molecule has 1 heterocycles. The third-order valence-corrected chi connectivity index (χ3v) is 3.34. The number of nitrogens with zero attached hydrogens (tertiary/aromatic N) is 3. The Balaban J connectivity index is 1.89. The predicted octanol–water partition coefficient (Wildman–Crippen LogP) is 2.57. The number of rotatable bonds is 4. The van der Waals surface area contributed by atoms with Crippen molar-refractivity contribution in [3.63, 3.8) is 0 Å². The van der Waals surface area contributed by atoms with Crippen LogP contribution >= 0.6 is 0 Å². The fourth-order valence-corrected chi connectivity index (χ4v) is 2.13. The third-order valence-electron chi connectivity index (χ3n) is 3.34. The van der Waals surface area contributed by atoms with E-state index in [-0.39, 0.29) is 11.5 Å². The molecule has 1 aromatic heterocycles. The lowest BCUT2D eigenvalue weighted by Gasteiger charge is -2.07. The minimum absolute atomic E-state index is 0.0447. The predicted molar refractivity (Wildman–Crippen MR) is 80.9 cm³/mol. The van der Waals surface area contributed by atoms with Crippen LogP contribution in [-0.4, -0.2) is 20.1 Å². The van der Waals surface area contributed by atoms with Gasteiger partial charge >= 0.3 is 0 Å². The SMILES string of the molecule is N[C@@H](c1ccc(F)cc1)c1nc(-c2cccc([N+](=O)[O-])c2)n[nH]1. The zero-order valence-electron chi connectivity index (χ0n) is 11.8. The van der Waals surface area contributed by atoms with Crippen LogP contribution in [0.3, 0.4) is 0 Å².